The lowest BCUT2D eigenvalue weighted by Crippen LogP contribution is -2.29. The lowest BCUT2D eigenvalue weighted by atomic mass is 10.1. The van der Waals surface area contributed by atoms with Crippen molar-refractivity contribution in [3.8, 4) is 0 Å². The van der Waals surface area contributed by atoms with E-state index in [1.54, 1.807) is 18.4 Å². The van der Waals surface area contributed by atoms with Gasteiger partial charge in [-0.1, -0.05) is 12.1 Å². The third-order valence-corrected chi connectivity index (χ3v) is 5.83. The average molecular weight is 417 g/mol. The zero-order valence-corrected chi connectivity index (χ0v) is 17.2. The molecule has 2 aromatic heterocycles. The minimum Gasteiger partial charge on any atom is -0.463 e. The van der Waals surface area contributed by atoms with E-state index < -0.39 is 0 Å². The molecule has 5 rings (SSSR count). The number of hydrogen-bond donors (Lipinski definition) is 1. The molecule has 0 bridgehead atoms. The Kier molecular flexibility index (Phi) is 5.20. The molecule has 0 unspecified atom stereocenters. The van der Waals surface area contributed by atoms with E-state index in [-0.39, 0.29) is 11.7 Å². The number of furan rings is 1. The van der Waals surface area contributed by atoms with E-state index in [9.17, 15) is 9.18 Å². The molecule has 0 aliphatic carbocycles. The molecule has 158 valence electrons. The van der Waals surface area contributed by atoms with Gasteiger partial charge in [0.2, 0.25) is 0 Å². The maximum absolute atomic E-state index is 13.7. The summed E-state index contributed by atoms with van der Waals surface area (Å²) in [6.45, 7) is 2.54. The van der Waals surface area contributed by atoms with Crippen molar-refractivity contribution >= 4 is 28.4 Å². The molecule has 1 saturated heterocycles. The SMILES string of the molecule is O=C(Nc1ccc(N2CCCCC2)cc1)c1cc2occc2n1Cc1cccc(F)c1. The van der Waals surface area contributed by atoms with Crippen LogP contribution in [0.4, 0.5) is 15.8 Å². The normalized spacial score (nSPS) is 14.2. The Morgan fingerprint density at radius 2 is 1.81 bits per heavy atom. The molecule has 6 heteroatoms. The van der Waals surface area contributed by atoms with Crippen LogP contribution in [0.3, 0.4) is 0 Å². The Bertz CT molecular complexity index is 1200. The summed E-state index contributed by atoms with van der Waals surface area (Å²) in [7, 11) is 0. The van der Waals surface area contributed by atoms with Crippen molar-refractivity contribution in [1.82, 2.24) is 4.57 Å². The highest BCUT2D eigenvalue weighted by molar-refractivity contribution is 6.06. The van der Waals surface area contributed by atoms with Gasteiger partial charge in [0.1, 0.15) is 11.5 Å². The summed E-state index contributed by atoms with van der Waals surface area (Å²) in [6, 6.07) is 17.9. The Balaban J connectivity index is 1.37. The molecule has 31 heavy (non-hydrogen) atoms. The largest absolute Gasteiger partial charge is 0.463 e. The zero-order valence-electron chi connectivity index (χ0n) is 17.2. The monoisotopic (exact) mass is 417 g/mol. The number of nitrogens with one attached hydrogen (secondary N) is 1. The number of fused-ring (bicyclic) bond motifs is 1. The van der Waals surface area contributed by atoms with Gasteiger partial charge < -0.3 is 19.2 Å². The van der Waals surface area contributed by atoms with Crippen LogP contribution in [0.2, 0.25) is 0 Å². The zero-order chi connectivity index (χ0) is 21.2. The first-order chi connectivity index (χ1) is 15.2. The number of carbonyl (C=O) groups excluding carboxylic acids is 1. The Morgan fingerprint density at radius 3 is 2.58 bits per heavy atom. The number of carbonyl (C=O) groups is 1. The fourth-order valence-electron chi connectivity index (χ4n) is 4.26. The van der Waals surface area contributed by atoms with E-state index in [0.717, 1.165) is 29.9 Å². The predicted octanol–water partition coefficient (Wildman–Crippen LogP) is 5.66. The van der Waals surface area contributed by atoms with Gasteiger partial charge in [-0.25, -0.2) is 4.39 Å². The molecule has 1 amide bonds. The molecule has 1 fully saturated rings. The summed E-state index contributed by atoms with van der Waals surface area (Å²) in [5, 5.41) is 2.98. The number of rotatable bonds is 5. The van der Waals surface area contributed by atoms with Crippen molar-refractivity contribution in [1.29, 1.82) is 0 Å². The molecule has 0 saturated carbocycles. The number of amides is 1. The highest BCUT2D eigenvalue weighted by atomic mass is 19.1. The summed E-state index contributed by atoms with van der Waals surface area (Å²) in [4.78, 5) is 15.5. The van der Waals surface area contributed by atoms with E-state index in [1.165, 1.54) is 37.1 Å². The minimum absolute atomic E-state index is 0.228. The first-order valence-corrected chi connectivity index (χ1v) is 10.6. The third kappa shape index (κ3) is 4.06. The topological polar surface area (TPSA) is 50.4 Å². The molecule has 0 atom stereocenters. The summed E-state index contributed by atoms with van der Waals surface area (Å²) in [5.41, 5.74) is 4.60. The van der Waals surface area contributed by atoms with E-state index >= 15 is 0 Å². The summed E-state index contributed by atoms with van der Waals surface area (Å²) in [6.07, 6.45) is 5.33. The second-order valence-electron chi connectivity index (χ2n) is 7.96. The molecule has 2 aromatic carbocycles. The molecule has 1 aliphatic rings. The molecule has 1 N–H and O–H groups in total. The van der Waals surface area contributed by atoms with E-state index in [4.69, 9.17) is 4.42 Å². The maximum atomic E-state index is 13.7. The van der Waals surface area contributed by atoms with Crippen LogP contribution in [0.5, 0.6) is 0 Å². The molecule has 0 spiro atoms. The lowest BCUT2D eigenvalue weighted by Gasteiger charge is -2.28. The van der Waals surface area contributed by atoms with Gasteiger partial charge in [-0.2, -0.15) is 0 Å². The van der Waals surface area contributed by atoms with Crippen molar-refractivity contribution in [3.63, 3.8) is 0 Å². The van der Waals surface area contributed by atoms with Gasteiger partial charge in [0.05, 0.1) is 11.8 Å². The van der Waals surface area contributed by atoms with Crippen LogP contribution >= 0.6 is 0 Å². The van der Waals surface area contributed by atoms with Crippen molar-refractivity contribution in [2.75, 3.05) is 23.3 Å². The van der Waals surface area contributed by atoms with E-state index in [0.29, 0.717) is 17.8 Å². The first-order valence-electron chi connectivity index (χ1n) is 10.6. The van der Waals surface area contributed by atoms with Gasteiger partial charge in [0.25, 0.3) is 5.91 Å². The number of nitrogens with zero attached hydrogens (tertiary/aromatic N) is 2. The Hall–Kier alpha value is -3.54. The number of piperidine rings is 1. The van der Waals surface area contributed by atoms with Gasteiger partial charge in [0.15, 0.2) is 5.58 Å². The Morgan fingerprint density at radius 1 is 1.00 bits per heavy atom. The first kappa shape index (κ1) is 19.4. The molecule has 5 nitrogen and oxygen atoms in total. The van der Waals surface area contributed by atoms with Gasteiger partial charge in [-0.05, 0) is 61.2 Å². The second-order valence-corrected chi connectivity index (χ2v) is 7.96. The van der Waals surface area contributed by atoms with Crippen molar-refractivity contribution in [3.05, 3.63) is 84.0 Å². The standard InChI is InChI=1S/C25H24FN3O2/c26-19-6-4-5-18(15-19)17-29-22-11-14-31-24(22)16-23(29)25(30)27-20-7-9-21(10-8-20)28-12-2-1-3-13-28/h4-11,14-16H,1-3,12-13,17H2,(H,27,30). The lowest BCUT2D eigenvalue weighted by molar-refractivity contribution is 0.101. The van der Waals surface area contributed by atoms with E-state index in [2.05, 4.69) is 22.3 Å². The summed E-state index contributed by atoms with van der Waals surface area (Å²) in [5.74, 6) is -0.526. The molecular formula is C25H24FN3O2. The maximum Gasteiger partial charge on any atom is 0.272 e. The van der Waals surface area contributed by atoms with Crippen LogP contribution in [0.15, 0.2) is 71.3 Å². The quantitative estimate of drug-likeness (QED) is 0.456. The fraction of sp³-hybridized carbons (Fsp3) is 0.240. The minimum atomic E-state index is -0.298. The molecule has 4 aromatic rings. The third-order valence-electron chi connectivity index (χ3n) is 5.83. The van der Waals surface area contributed by atoms with Crippen molar-refractivity contribution in [2.45, 2.75) is 25.8 Å². The van der Waals surface area contributed by atoms with Gasteiger partial charge in [-0.3, -0.25) is 4.79 Å². The number of anilines is 2. The van der Waals surface area contributed by atoms with Crippen LogP contribution in [-0.4, -0.2) is 23.6 Å². The average Bonchev–Trinajstić information content (AvgIpc) is 3.38. The van der Waals surface area contributed by atoms with Gasteiger partial charge in [0, 0.05) is 43.1 Å². The smallest absolute Gasteiger partial charge is 0.272 e. The van der Waals surface area contributed by atoms with Gasteiger partial charge >= 0.3 is 0 Å². The molecule has 1 aliphatic heterocycles. The fourth-order valence-corrected chi connectivity index (χ4v) is 4.26. The predicted molar refractivity (Wildman–Crippen MR) is 120 cm³/mol. The summed E-state index contributed by atoms with van der Waals surface area (Å²) >= 11 is 0. The van der Waals surface area contributed by atoms with Crippen LogP contribution in [0.1, 0.15) is 35.3 Å². The number of aromatic nitrogens is 1. The van der Waals surface area contributed by atoms with Crippen molar-refractivity contribution < 1.29 is 13.6 Å². The van der Waals surface area contributed by atoms with Gasteiger partial charge in [-0.15, -0.1) is 0 Å². The molecule has 3 heterocycles. The highest BCUT2D eigenvalue weighted by Crippen LogP contribution is 2.25. The molecular weight excluding hydrogens is 393 g/mol. The van der Waals surface area contributed by atoms with Crippen LogP contribution < -0.4 is 10.2 Å². The van der Waals surface area contributed by atoms with Crippen LogP contribution in [-0.2, 0) is 6.54 Å². The van der Waals surface area contributed by atoms with E-state index in [1.807, 2.05) is 28.8 Å². The molecule has 0 radical (unpaired) electrons. The van der Waals surface area contributed by atoms with Crippen LogP contribution in [0.25, 0.3) is 11.1 Å². The Labute approximate surface area is 180 Å². The number of halogens is 1. The van der Waals surface area contributed by atoms with Crippen molar-refractivity contribution in [2.24, 2.45) is 0 Å². The highest BCUT2D eigenvalue weighted by Gasteiger charge is 2.18. The van der Waals surface area contributed by atoms with Crippen LogP contribution in [0, 0.1) is 5.82 Å². The number of hydrogen-bond acceptors (Lipinski definition) is 3. The number of benzene rings is 2. The summed E-state index contributed by atoms with van der Waals surface area (Å²) < 4.78 is 21.0. The second kappa shape index (κ2) is 8.30.